The summed E-state index contributed by atoms with van der Waals surface area (Å²) in [5.41, 5.74) is 0.579. The van der Waals surface area contributed by atoms with Crippen molar-refractivity contribution in [2.75, 3.05) is 12.0 Å². The van der Waals surface area contributed by atoms with Gasteiger partial charge in [-0.25, -0.2) is 4.52 Å². The Morgan fingerprint density at radius 3 is 2.96 bits per heavy atom. The van der Waals surface area contributed by atoms with Gasteiger partial charge in [-0.3, -0.25) is 4.39 Å². The Morgan fingerprint density at radius 1 is 1.56 bits per heavy atom. The third-order valence-corrected chi connectivity index (χ3v) is 5.80. The first-order valence-corrected chi connectivity index (χ1v) is 9.52. The molecule has 0 aliphatic carbocycles. The summed E-state index contributed by atoms with van der Waals surface area (Å²) in [4.78, 5) is 4.71. The zero-order valence-electron chi connectivity index (χ0n) is 13.3. The summed E-state index contributed by atoms with van der Waals surface area (Å²) in [6.07, 6.45) is 0.942. The third kappa shape index (κ3) is 3.55. The molecule has 2 radical (unpaired) electrons. The van der Waals surface area contributed by atoms with E-state index in [4.69, 9.17) is 19.4 Å². The van der Waals surface area contributed by atoms with E-state index in [2.05, 4.69) is 31.3 Å². The normalized spacial score (nSPS) is 14.0. The van der Waals surface area contributed by atoms with Gasteiger partial charge in [-0.2, -0.15) is 4.98 Å². The molecule has 0 saturated carbocycles. The SMILES string of the molecule is [B]C(O)(Nc1nc(Cl)nn2c(Br)c(CCCF)c(C)c12)c1cccs1. The van der Waals surface area contributed by atoms with Gasteiger partial charge in [0.05, 0.1) is 6.67 Å². The number of aryl methyl sites for hydroxylation is 1. The number of anilines is 1. The van der Waals surface area contributed by atoms with E-state index in [1.165, 1.54) is 11.3 Å². The number of halogens is 3. The Bertz CT molecular complexity index is 903. The van der Waals surface area contributed by atoms with E-state index in [-0.39, 0.29) is 5.28 Å². The second-order valence-electron chi connectivity index (χ2n) is 5.55. The number of hydrogen-bond donors (Lipinski definition) is 2. The molecule has 3 aromatic rings. The Labute approximate surface area is 162 Å². The maximum Gasteiger partial charge on any atom is 0.243 e. The van der Waals surface area contributed by atoms with E-state index in [0.29, 0.717) is 33.7 Å². The van der Waals surface area contributed by atoms with Crippen LogP contribution in [0.1, 0.15) is 22.4 Å². The number of thiophene rings is 1. The number of alkyl halides is 1. The Kier molecular flexibility index (Phi) is 5.38. The molecule has 0 aliphatic rings. The zero-order valence-corrected chi connectivity index (χ0v) is 16.4. The zero-order chi connectivity index (χ0) is 18.2. The summed E-state index contributed by atoms with van der Waals surface area (Å²) < 4.78 is 14.8. The molecule has 1 unspecified atom stereocenters. The standard InChI is InChI=1S/C15H14BBrClFN4OS/c1-8-9(4-2-6-19)12(17)23-11(8)13(20-14(18)22-23)21-15(16,24)10-5-3-7-25-10/h3,5,7,24H,2,4,6H2,1H3,(H,20,21,22). The quantitative estimate of drug-likeness (QED) is 0.449. The van der Waals surface area contributed by atoms with Crippen LogP contribution >= 0.6 is 38.9 Å². The molecule has 0 amide bonds. The number of aromatic nitrogens is 3. The lowest BCUT2D eigenvalue weighted by molar-refractivity contribution is 0.163. The van der Waals surface area contributed by atoms with Crippen molar-refractivity contribution < 1.29 is 9.50 Å². The van der Waals surface area contributed by atoms with Gasteiger partial charge in [-0.1, -0.05) is 6.07 Å². The van der Waals surface area contributed by atoms with Crippen LogP contribution in [0, 0.1) is 6.92 Å². The fraction of sp³-hybridized carbons (Fsp3) is 0.333. The lowest BCUT2D eigenvalue weighted by Crippen LogP contribution is -2.35. The van der Waals surface area contributed by atoms with Crippen molar-refractivity contribution >= 4 is 58.0 Å². The van der Waals surface area contributed by atoms with E-state index in [1.54, 1.807) is 16.6 Å². The minimum atomic E-state index is -1.81. The van der Waals surface area contributed by atoms with Crippen molar-refractivity contribution in [1.82, 2.24) is 14.6 Å². The summed E-state index contributed by atoms with van der Waals surface area (Å²) in [7, 11) is 6.01. The first kappa shape index (κ1) is 18.6. The molecule has 130 valence electrons. The molecule has 2 N–H and O–H groups in total. The Morgan fingerprint density at radius 2 is 2.32 bits per heavy atom. The van der Waals surface area contributed by atoms with Gasteiger partial charge in [0.2, 0.25) is 5.28 Å². The van der Waals surface area contributed by atoms with E-state index in [1.807, 2.05) is 12.3 Å². The molecule has 3 heterocycles. The van der Waals surface area contributed by atoms with Crippen LogP contribution < -0.4 is 5.32 Å². The molecule has 1 atom stereocenters. The van der Waals surface area contributed by atoms with Gasteiger partial charge in [0.25, 0.3) is 0 Å². The average Bonchev–Trinajstić information content (AvgIpc) is 3.15. The summed E-state index contributed by atoms with van der Waals surface area (Å²) in [5, 5.41) is 19.4. The molecule has 0 spiro atoms. The van der Waals surface area contributed by atoms with Gasteiger partial charge in [0, 0.05) is 4.88 Å². The van der Waals surface area contributed by atoms with Crippen LogP contribution in [-0.4, -0.2) is 34.2 Å². The number of fused-ring (bicyclic) bond motifs is 1. The molecule has 0 bridgehead atoms. The smallest absolute Gasteiger partial charge is 0.243 e. The van der Waals surface area contributed by atoms with Gasteiger partial charge in [0.1, 0.15) is 15.7 Å². The van der Waals surface area contributed by atoms with Gasteiger partial charge >= 0.3 is 0 Å². The molecule has 3 rings (SSSR count). The van der Waals surface area contributed by atoms with Crippen molar-refractivity contribution in [2.24, 2.45) is 0 Å². The molecule has 3 aromatic heterocycles. The fourth-order valence-electron chi connectivity index (χ4n) is 2.66. The maximum absolute atomic E-state index is 12.6. The van der Waals surface area contributed by atoms with Crippen LogP contribution in [0.15, 0.2) is 22.1 Å². The lowest BCUT2D eigenvalue weighted by atomic mass is 9.89. The first-order chi connectivity index (χ1) is 11.8. The largest absolute Gasteiger partial charge is 0.375 e. The van der Waals surface area contributed by atoms with Crippen molar-refractivity contribution in [2.45, 2.75) is 25.4 Å². The minimum absolute atomic E-state index is 0.00952. The van der Waals surface area contributed by atoms with E-state index >= 15 is 0 Å². The Hall–Kier alpha value is -1.16. The van der Waals surface area contributed by atoms with Crippen molar-refractivity contribution in [3.8, 4) is 0 Å². The van der Waals surface area contributed by atoms with Crippen molar-refractivity contribution in [3.05, 3.63) is 43.4 Å². The molecule has 0 saturated heterocycles. The molecule has 5 nitrogen and oxygen atoms in total. The van der Waals surface area contributed by atoms with Gasteiger partial charge < -0.3 is 10.4 Å². The monoisotopic (exact) mass is 442 g/mol. The fourth-order valence-corrected chi connectivity index (χ4v) is 4.27. The number of nitrogens with zero attached hydrogens (tertiary/aromatic N) is 3. The molecule has 25 heavy (non-hydrogen) atoms. The first-order valence-electron chi connectivity index (χ1n) is 7.47. The summed E-state index contributed by atoms with van der Waals surface area (Å²) >= 11 is 10.8. The van der Waals surface area contributed by atoms with E-state index in [0.717, 1.165) is 11.1 Å². The number of nitrogens with one attached hydrogen (secondary N) is 1. The van der Waals surface area contributed by atoms with E-state index in [9.17, 15) is 9.50 Å². The molecule has 0 aromatic carbocycles. The highest BCUT2D eigenvalue weighted by Gasteiger charge is 2.27. The van der Waals surface area contributed by atoms with Crippen LogP contribution in [-0.2, 0) is 12.0 Å². The molecular formula is C15H14BBrClFN4OS. The molecule has 0 fully saturated rings. The predicted molar refractivity (Wildman–Crippen MR) is 102 cm³/mol. The van der Waals surface area contributed by atoms with Gasteiger partial charge in [-0.15, -0.1) is 16.4 Å². The molecular weight excluding hydrogens is 429 g/mol. The van der Waals surface area contributed by atoms with Crippen LogP contribution in [0.2, 0.25) is 5.28 Å². The predicted octanol–water partition coefficient (Wildman–Crippen LogP) is 3.80. The lowest BCUT2D eigenvalue weighted by Gasteiger charge is -2.25. The third-order valence-electron chi connectivity index (χ3n) is 3.83. The summed E-state index contributed by atoms with van der Waals surface area (Å²) in [6.45, 7) is 1.48. The maximum atomic E-state index is 12.6. The highest BCUT2D eigenvalue weighted by atomic mass is 79.9. The molecule has 10 heteroatoms. The van der Waals surface area contributed by atoms with Crippen molar-refractivity contribution in [3.63, 3.8) is 0 Å². The van der Waals surface area contributed by atoms with Gasteiger partial charge in [-0.05, 0) is 69.9 Å². The number of aliphatic hydroxyl groups is 1. The van der Waals surface area contributed by atoms with Crippen LogP contribution in [0.3, 0.4) is 0 Å². The Balaban J connectivity index is 2.12. The topological polar surface area (TPSA) is 62.5 Å². The van der Waals surface area contributed by atoms with Crippen LogP contribution in [0.5, 0.6) is 0 Å². The highest BCUT2D eigenvalue weighted by molar-refractivity contribution is 9.10. The van der Waals surface area contributed by atoms with E-state index < -0.39 is 12.3 Å². The average molecular weight is 444 g/mol. The van der Waals surface area contributed by atoms with Crippen LogP contribution in [0.25, 0.3) is 5.52 Å². The second kappa shape index (κ2) is 7.22. The van der Waals surface area contributed by atoms with Gasteiger partial charge in [0.15, 0.2) is 13.7 Å². The second-order valence-corrected chi connectivity index (χ2v) is 7.58. The number of rotatable bonds is 6. The minimum Gasteiger partial charge on any atom is -0.375 e. The van der Waals surface area contributed by atoms with Crippen LogP contribution in [0.4, 0.5) is 10.2 Å². The summed E-state index contributed by atoms with van der Waals surface area (Å²) in [5.74, 6) is 0.295. The number of hydrogen-bond acceptors (Lipinski definition) is 5. The van der Waals surface area contributed by atoms with Crippen molar-refractivity contribution in [1.29, 1.82) is 0 Å². The highest BCUT2D eigenvalue weighted by Crippen LogP contribution is 2.34. The summed E-state index contributed by atoms with van der Waals surface area (Å²) in [6, 6.07) is 3.50. The molecule has 0 aliphatic heterocycles.